The van der Waals surface area contributed by atoms with Crippen molar-refractivity contribution in [2.24, 2.45) is 0 Å². The summed E-state index contributed by atoms with van der Waals surface area (Å²) in [6.45, 7) is 6.53. The van der Waals surface area contributed by atoms with Gasteiger partial charge >= 0.3 is 0 Å². The summed E-state index contributed by atoms with van der Waals surface area (Å²) in [5, 5.41) is 0. The van der Waals surface area contributed by atoms with Crippen LogP contribution in [0.1, 0.15) is 25.6 Å². The maximum absolute atomic E-state index is 11.6. The molecule has 0 atom stereocenters. The molecule has 0 spiro atoms. The molecule has 0 aliphatic heterocycles. The Morgan fingerprint density at radius 1 is 1.05 bits per heavy atom. The van der Waals surface area contributed by atoms with Gasteiger partial charge in [0.25, 0.3) is 0 Å². The SMILES string of the molecule is CC(C)(C)c1ccc(-c2cccc(S(C)(=O)=O)c2)s1. The summed E-state index contributed by atoms with van der Waals surface area (Å²) >= 11 is 1.72. The van der Waals surface area contributed by atoms with E-state index in [2.05, 4.69) is 32.9 Å². The van der Waals surface area contributed by atoms with Gasteiger partial charge in [0, 0.05) is 16.0 Å². The standard InChI is InChI=1S/C15H18O2S2/c1-15(2,3)14-9-8-13(18-14)11-6-5-7-12(10-11)19(4,16)17/h5-10H,1-4H3. The number of hydrogen-bond donors (Lipinski definition) is 0. The highest BCUT2D eigenvalue weighted by molar-refractivity contribution is 7.90. The van der Waals surface area contributed by atoms with Crippen LogP contribution in [0.2, 0.25) is 0 Å². The van der Waals surface area contributed by atoms with Gasteiger partial charge in [0.1, 0.15) is 0 Å². The molecular formula is C15H18O2S2. The highest BCUT2D eigenvalue weighted by atomic mass is 32.2. The number of thiophene rings is 1. The molecule has 0 N–H and O–H groups in total. The van der Waals surface area contributed by atoms with Crippen LogP contribution >= 0.6 is 11.3 Å². The minimum absolute atomic E-state index is 0.122. The van der Waals surface area contributed by atoms with Gasteiger partial charge in [-0.25, -0.2) is 8.42 Å². The molecule has 102 valence electrons. The molecule has 0 amide bonds. The molecule has 2 aromatic rings. The van der Waals surface area contributed by atoms with Crippen LogP contribution in [0.5, 0.6) is 0 Å². The fraction of sp³-hybridized carbons (Fsp3) is 0.333. The van der Waals surface area contributed by atoms with Crippen molar-refractivity contribution in [2.45, 2.75) is 31.1 Å². The summed E-state index contributed by atoms with van der Waals surface area (Å²) in [5.41, 5.74) is 1.08. The zero-order valence-corrected chi connectivity index (χ0v) is 13.2. The fourth-order valence-corrected chi connectivity index (χ4v) is 3.50. The third-order valence-electron chi connectivity index (χ3n) is 2.89. The second-order valence-corrected chi connectivity index (χ2v) is 8.81. The van der Waals surface area contributed by atoms with Gasteiger partial charge in [-0.05, 0) is 35.2 Å². The topological polar surface area (TPSA) is 34.1 Å². The van der Waals surface area contributed by atoms with E-state index in [-0.39, 0.29) is 5.41 Å². The van der Waals surface area contributed by atoms with E-state index in [1.807, 2.05) is 6.07 Å². The second kappa shape index (κ2) is 4.76. The van der Waals surface area contributed by atoms with Crippen molar-refractivity contribution in [2.75, 3.05) is 6.26 Å². The van der Waals surface area contributed by atoms with Crippen molar-refractivity contribution in [3.8, 4) is 10.4 Å². The highest BCUT2D eigenvalue weighted by Gasteiger charge is 2.17. The molecule has 0 unspecified atom stereocenters. The summed E-state index contributed by atoms with van der Waals surface area (Å²) in [6, 6.07) is 11.3. The molecular weight excluding hydrogens is 276 g/mol. The molecule has 0 saturated carbocycles. The number of hydrogen-bond acceptors (Lipinski definition) is 3. The van der Waals surface area contributed by atoms with E-state index in [9.17, 15) is 8.42 Å². The molecule has 2 nitrogen and oxygen atoms in total. The first kappa shape index (κ1) is 14.3. The van der Waals surface area contributed by atoms with Crippen LogP contribution in [0.15, 0.2) is 41.3 Å². The summed E-state index contributed by atoms with van der Waals surface area (Å²) in [4.78, 5) is 2.78. The van der Waals surface area contributed by atoms with Gasteiger partial charge < -0.3 is 0 Å². The molecule has 0 fully saturated rings. The zero-order chi connectivity index (χ0) is 14.3. The monoisotopic (exact) mass is 294 g/mol. The maximum Gasteiger partial charge on any atom is 0.175 e. The average Bonchev–Trinajstić information content (AvgIpc) is 2.77. The lowest BCUT2D eigenvalue weighted by Gasteiger charge is -2.15. The Morgan fingerprint density at radius 2 is 1.74 bits per heavy atom. The van der Waals surface area contributed by atoms with Gasteiger partial charge in [-0.1, -0.05) is 32.9 Å². The molecule has 4 heteroatoms. The maximum atomic E-state index is 11.6. The van der Waals surface area contributed by atoms with Crippen LogP contribution < -0.4 is 0 Å². The van der Waals surface area contributed by atoms with Gasteiger partial charge in [-0.3, -0.25) is 0 Å². The second-order valence-electron chi connectivity index (χ2n) is 5.71. The van der Waals surface area contributed by atoms with Crippen LogP contribution in [0, 0.1) is 0 Å². The highest BCUT2D eigenvalue weighted by Crippen LogP contribution is 2.35. The predicted octanol–water partition coefficient (Wildman–Crippen LogP) is 4.12. The van der Waals surface area contributed by atoms with Crippen molar-refractivity contribution in [3.63, 3.8) is 0 Å². The number of rotatable bonds is 2. The summed E-state index contributed by atoms with van der Waals surface area (Å²) < 4.78 is 23.2. The lowest BCUT2D eigenvalue weighted by Crippen LogP contribution is -2.07. The summed E-state index contributed by atoms with van der Waals surface area (Å²) in [6.07, 6.45) is 1.24. The molecule has 1 heterocycles. The third kappa shape index (κ3) is 3.25. The Labute approximate surface area is 119 Å². The Bertz CT molecular complexity index is 689. The van der Waals surface area contributed by atoms with E-state index in [0.717, 1.165) is 10.4 Å². The van der Waals surface area contributed by atoms with Crippen molar-refractivity contribution in [1.29, 1.82) is 0 Å². The van der Waals surface area contributed by atoms with Gasteiger partial charge in [-0.15, -0.1) is 11.3 Å². The van der Waals surface area contributed by atoms with E-state index in [1.54, 1.807) is 29.5 Å². The van der Waals surface area contributed by atoms with Crippen molar-refractivity contribution in [3.05, 3.63) is 41.3 Å². The average molecular weight is 294 g/mol. The minimum Gasteiger partial charge on any atom is -0.224 e. The lowest BCUT2D eigenvalue weighted by atomic mass is 9.95. The Morgan fingerprint density at radius 3 is 2.26 bits per heavy atom. The van der Waals surface area contributed by atoms with E-state index in [4.69, 9.17) is 0 Å². The van der Waals surface area contributed by atoms with Crippen molar-refractivity contribution in [1.82, 2.24) is 0 Å². The van der Waals surface area contributed by atoms with Crippen molar-refractivity contribution < 1.29 is 8.42 Å². The molecule has 0 aliphatic rings. The summed E-state index contributed by atoms with van der Waals surface area (Å²) in [7, 11) is -3.15. The Kier molecular flexibility index (Phi) is 3.58. The van der Waals surface area contributed by atoms with Gasteiger partial charge in [0.15, 0.2) is 9.84 Å². The predicted molar refractivity (Wildman–Crippen MR) is 81.6 cm³/mol. The largest absolute Gasteiger partial charge is 0.224 e. The van der Waals surface area contributed by atoms with E-state index in [0.29, 0.717) is 4.90 Å². The Balaban J connectivity index is 2.46. The molecule has 19 heavy (non-hydrogen) atoms. The molecule has 0 bridgehead atoms. The first-order valence-corrected chi connectivity index (χ1v) is 8.79. The van der Waals surface area contributed by atoms with E-state index < -0.39 is 9.84 Å². The van der Waals surface area contributed by atoms with Gasteiger partial charge in [0.2, 0.25) is 0 Å². The lowest BCUT2D eigenvalue weighted by molar-refractivity contribution is 0.601. The van der Waals surface area contributed by atoms with Gasteiger partial charge in [-0.2, -0.15) is 0 Å². The molecule has 0 saturated heterocycles. The summed E-state index contributed by atoms with van der Waals surface area (Å²) in [5.74, 6) is 0. The van der Waals surface area contributed by atoms with Crippen LogP contribution in [0.25, 0.3) is 10.4 Å². The van der Waals surface area contributed by atoms with Crippen LogP contribution in [-0.4, -0.2) is 14.7 Å². The van der Waals surface area contributed by atoms with E-state index in [1.165, 1.54) is 11.1 Å². The molecule has 2 rings (SSSR count). The quantitative estimate of drug-likeness (QED) is 0.835. The first-order valence-electron chi connectivity index (χ1n) is 6.09. The molecule has 1 aromatic heterocycles. The third-order valence-corrected chi connectivity index (χ3v) is 5.56. The number of sulfone groups is 1. The van der Waals surface area contributed by atoms with Crippen LogP contribution in [-0.2, 0) is 15.3 Å². The molecule has 0 aliphatic carbocycles. The van der Waals surface area contributed by atoms with Crippen molar-refractivity contribution >= 4 is 21.2 Å². The van der Waals surface area contributed by atoms with Crippen LogP contribution in [0.4, 0.5) is 0 Å². The molecule has 0 radical (unpaired) electrons. The van der Waals surface area contributed by atoms with Gasteiger partial charge in [0.05, 0.1) is 4.90 Å². The number of benzene rings is 1. The Hall–Kier alpha value is -1.13. The normalized spacial score (nSPS) is 12.6. The van der Waals surface area contributed by atoms with E-state index >= 15 is 0 Å². The van der Waals surface area contributed by atoms with Crippen LogP contribution in [0.3, 0.4) is 0 Å². The minimum atomic E-state index is -3.15. The molecule has 1 aromatic carbocycles. The zero-order valence-electron chi connectivity index (χ0n) is 11.6. The fourth-order valence-electron chi connectivity index (χ4n) is 1.78. The first-order chi connectivity index (χ1) is 8.68. The smallest absolute Gasteiger partial charge is 0.175 e.